The number of phenols is 1. The van der Waals surface area contributed by atoms with E-state index in [1.165, 1.54) is 11.0 Å². The molecule has 5 nitrogen and oxygen atoms in total. The van der Waals surface area contributed by atoms with Crippen LogP contribution >= 0.6 is 0 Å². The predicted molar refractivity (Wildman–Crippen MR) is 63.9 cm³/mol. The quantitative estimate of drug-likeness (QED) is 0.782. The number of benzene rings is 1. The van der Waals surface area contributed by atoms with Crippen molar-refractivity contribution in [1.82, 2.24) is 0 Å². The molecule has 0 aromatic heterocycles. The maximum atomic E-state index is 12.2. The standard InChI is InChI=1S/C12H16N2O3/c1-14(9-3-2-4-10(15)7-9)11(16)12(13)5-6-17-8-12/h2-4,7,15H,5-6,8,13H2,1H3. The van der Waals surface area contributed by atoms with Crippen LogP contribution in [0.2, 0.25) is 0 Å². The first kappa shape index (κ1) is 11.9. The largest absolute Gasteiger partial charge is 0.508 e. The molecular weight excluding hydrogens is 220 g/mol. The number of phenolic OH excluding ortho intramolecular Hbond substituents is 1. The lowest BCUT2D eigenvalue weighted by Crippen LogP contribution is -2.55. The summed E-state index contributed by atoms with van der Waals surface area (Å²) >= 11 is 0. The van der Waals surface area contributed by atoms with Crippen molar-refractivity contribution in [2.24, 2.45) is 5.73 Å². The molecule has 1 aromatic carbocycles. The Morgan fingerprint density at radius 3 is 2.94 bits per heavy atom. The smallest absolute Gasteiger partial charge is 0.249 e. The number of likely N-dealkylation sites (N-methyl/N-ethyl adjacent to an activating group) is 1. The number of carbonyl (C=O) groups is 1. The first-order chi connectivity index (χ1) is 8.03. The summed E-state index contributed by atoms with van der Waals surface area (Å²) in [5.74, 6) is -0.0727. The minimum atomic E-state index is -0.944. The van der Waals surface area contributed by atoms with Gasteiger partial charge in [0, 0.05) is 25.4 Å². The van der Waals surface area contributed by atoms with Gasteiger partial charge in [0.1, 0.15) is 11.3 Å². The van der Waals surface area contributed by atoms with Crippen LogP contribution in [-0.2, 0) is 9.53 Å². The molecule has 0 aliphatic carbocycles. The Hall–Kier alpha value is -1.59. The van der Waals surface area contributed by atoms with Crippen molar-refractivity contribution < 1.29 is 14.6 Å². The maximum absolute atomic E-state index is 12.2. The van der Waals surface area contributed by atoms with Gasteiger partial charge in [-0.25, -0.2) is 0 Å². The van der Waals surface area contributed by atoms with E-state index >= 15 is 0 Å². The normalized spacial score (nSPS) is 23.6. The van der Waals surface area contributed by atoms with Gasteiger partial charge in [-0.2, -0.15) is 0 Å². The van der Waals surface area contributed by atoms with Crippen molar-refractivity contribution in [3.8, 4) is 5.75 Å². The Labute approximate surface area is 99.8 Å². The van der Waals surface area contributed by atoms with E-state index in [0.717, 1.165) is 0 Å². The zero-order valence-corrected chi connectivity index (χ0v) is 9.72. The predicted octanol–water partition coefficient (Wildman–Crippen LogP) is 0.473. The van der Waals surface area contributed by atoms with Crippen LogP contribution in [0, 0.1) is 0 Å². The molecular formula is C12H16N2O3. The molecule has 1 unspecified atom stereocenters. The third-order valence-electron chi connectivity index (χ3n) is 3.00. The fourth-order valence-electron chi connectivity index (χ4n) is 1.90. The number of amides is 1. The molecule has 1 aliphatic heterocycles. The molecule has 0 saturated carbocycles. The number of hydrogen-bond donors (Lipinski definition) is 2. The molecule has 92 valence electrons. The summed E-state index contributed by atoms with van der Waals surface area (Å²) in [4.78, 5) is 13.7. The summed E-state index contributed by atoms with van der Waals surface area (Å²) in [6.45, 7) is 0.755. The Bertz CT molecular complexity index is 428. The summed E-state index contributed by atoms with van der Waals surface area (Å²) in [6, 6.07) is 6.51. The monoisotopic (exact) mass is 236 g/mol. The van der Waals surface area contributed by atoms with Gasteiger partial charge in [0.05, 0.1) is 6.61 Å². The Balaban J connectivity index is 2.20. The molecule has 0 bridgehead atoms. The first-order valence-electron chi connectivity index (χ1n) is 5.47. The number of carbonyl (C=O) groups excluding carboxylic acids is 1. The number of ether oxygens (including phenoxy) is 1. The zero-order chi connectivity index (χ0) is 12.5. The van der Waals surface area contributed by atoms with Gasteiger partial charge in [-0.3, -0.25) is 4.79 Å². The molecule has 17 heavy (non-hydrogen) atoms. The highest BCUT2D eigenvalue weighted by molar-refractivity contribution is 6.00. The molecule has 1 saturated heterocycles. The number of rotatable bonds is 2. The van der Waals surface area contributed by atoms with Crippen LogP contribution in [0.4, 0.5) is 5.69 Å². The highest BCUT2D eigenvalue weighted by Gasteiger charge is 2.40. The van der Waals surface area contributed by atoms with E-state index in [2.05, 4.69) is 0 Å². The van der Waals surface area contributed by atoms with E-state index in [9.17, 15) is 9.90 Å². The van der Waals surface area contributed by atoms with Crippen LogP contribution in [0.5, 0.6) is 5.75 Å². The lowest BCUT2D eigenvalue weighted by Gasteiger charge is -2.27. The fraction of sp³-hybridized carbons (Fsp3) is 0.417. The third-order valence-corrected chi connectivity index (χ3v) is 3.00. The molecule has 0 radical (unpaired) electrons. The minimum absolute atomic E-state index is 0.121. The van der Waals surface area contributed by atoms with Crippen LogP contribution in [0.25, 0.3) is 0 Å². The van der Waals surface area contributed by atoms with Gasteiger partial charge in [-0.05, 0) is 18.6 Å². The highest BCUT2D eigenvalue weighted by Crippen LogP contribution is 2.24. The third kappa shape index (κ3) is 2.25. The first-order valence-corrected chi connectivity index (χ1v) is 5.47. The number of nitrogens with zero attached hydrogens (tertiary/aromatic N) is 1. The second-order valence-corrected chi connectivity index (χ2v) is 4.34. The van der Waals surface area contributed by atoms with E-state index in [4.69, 9.17) is 10.5 Å². The molecule has 1 fully saturated rings. The van der Waals surface area contributed by atoms with Crippen LogP contribution in [0.1, 0.15) is 6.42 Å². The molecule has 0 spiro atoms. The summed E-state index contributed by atoms with van der Waals surface area (Å²) < 4.78 is 5.17. The molecule has 1 heterocycles. The molecule has 1 amide bonds. The van der Waals surface area contributed by atoms with Crippen molar-refractivity contribution in [2.75, 3.05) is 25.2 Å². The molecule has 1 aliphatic rings. The number of nitrogens with two attached hydrogens (primary N) is 1. The van der Waals surface area contributed by atoms with Gasteiger partial charge >= 0.3 is 0 Å². The second-order valence-electron chi connectivity index (χ2n) is 4.34. The number of hydrogen-bond acceptors (Lipinski definition) is 4. The number of aromatic hydroxyl groups is 1. The average Bonchev–Trinajstić information content (AvgIpc) is 2.75. The molecule has 5 heteroatoms. The summed E-state index contributed by atoms with van der Waals surface area (Å²) in [5.41, 5.74) is 5.67. The Morgan fingerprint density at radius 1 is 1.59 bits per heavy atom. The van der Waals surface area contributed by atoms with E-state index in [0.29, 0.717) is 18.7 Å². The second kappa shape index (κ2) is 4.35. The maximum Gasteiger partial charge on any atom is 0.249 e. The fourth-order valence-corrected chi connectivity index (χ4v) is 1.90. The SMILES string of the molecule is CN(C(=O)C1(N)CCOC1)c1cccc(O)c1. The van der Waals surface area contributed by atoms with Gasteiger partial charge in [0.25, 0.3) is 0 Å². The minimum Gasteiger partial charge on any atom is -0.508 e. The van der Waals surface area contributed by atoms with Gasteiger partial charge in [-0.15, -0.1) is 0 Å². The van der Waals surface area contributed by atoms with Crippen molar-refractivity contribution in [1.29, 1.82) is 0 Å². The van der Waals surface area contributed by atoms with Gasteiger partial charge < -0.3 is 20.5 Å². The van der Waals surface area contributed by atoms with Crippen molar-refractivity contribution in [2.45, 2.75) is 12.0 Å². The lowest BCUT2D eigenvalue weighted by atomic mass is 9.98. The topological polar surface area (TPSA) is 75.8 Å². The zero-order valence-electron chi connectivity index (χ0n) is 9.72. The lowest BCUT2D eigenvalue weighted by molar-refractivity contribution is -0.123. The van der Waals surface area contributed by atoms with Crippen molar-refractivity contribution >= 4 is 11.6 Å². The average molecular weight is 236 g/mol. The highest BCUT2D eigenvalue weighted by atomic mass is 16.5. The van der Waals surface area contributed by atoms with E-state index in [-0.39, 0.29) is 18.3 Å². The molecule has 2 rings (SSSR count). The van der Waals surface area contributed by atoms with Gasteiger partial charge in [-0.1, -0.05) is 6.07 Å². The Morgan fingerprint density at radius 2 is 2.35 bits per heavy atom. The van der Waals surface area contributed by atoms with E-state index < -0.39 is 5.54 Å². The van der Waals surface area contributed by atoms with Crippen LogP contribution in [0.15, 0.2) is 24.3 Å². The molecule has 1 aromatic rings. The molecule has 1 atom stereocenters. The summed E-state index contributed by atoms with van der Waals surface area (Å²) in [5, 5.41) is 9.38. The van der Waals surface area contributed by atoms with Crippen LogP contribution < -0.4 is 10.6 Å². The summed E-state index contributed by atoms with van der Waals surface area (Å²) in [6.07, 6.45) is 0.523. The molecule has 3 N–H and O–H groups in total. The summed E-state index contributed by atoms with van der Waals surface area (Å²) in [7, 11) is 1.64. The van der Waals surface area contributed by atoms with E-state index in [1.54, 1.807) is 25.2 Å². The number of anilines is 1. The van der Waals surface area contributed by atoms with Gasteiger partial charge in [0.15, 0.2) is 0 Å². The van der Waals surface area contributed by atoms with Crippen molar-refractivity contribution in [3.05, 3.63) is 24.3 Å². The Kier molecular flexibility index (Phi) is 3.04. The van der Waals surface area contributed by atoms with E-state index in [1.807, 2.05) is 0 Å². The van der Waals surface area contributed by atoms with Gasteiger partial charge in [0.2, 0.25) is 5.91 Å². The van der Waals surface area contributed by atoms with Crippen molar-refractivity contribution in [3.63, 3.8) is 0 Å². The van der Waals surface area contributed by atoms with Crippen LogP contribution in [-0.4, -0.2) is 36.8 Å². The van der Waals surface area contributed by atoms with Crippen LogP contribution in [0.3, 0.4) is 0 Å².